The maximum absolute atomic E-state index is 12.7. The monoisotopic (exact) mass is 396 g/mol. The van der Waals surface area contributed by atoms with Gasteiger partial charge in [0, 0.05) is 10.9 Å². The van der Waals surface area contributed by atoms with Gasteiger partial charge in [0.15, 0.2) is 0 Å². The van der Waals surface area contributed by atoms with Crippen molar-refractivity contribution in [3.8, 4) is 0 Å². The minimum Gasteiger partial charge on any atom is -0.345 e. The molecule has 3 aromatic rings. The number of rotatable bonds is 4. The summed E-state index contributed by atoms with van der Waals surface area (Å²) in [4.78, 5) is 13.8. The van der Waals surface area contributed by atoms with Crippen LogP contribution in [0.1, 0.15) is 18.5 Å². The van der Waals surface area contributed by atoms with Crippen LogP contribution < -0.4 is 5.32 Å². The molecule has 0 aliphatic carbocycles. The van der Waals surface area contributed by atoms with Gasteiger partial charge < -0.3 is 10.3 Å². The molecule has 27 heavy (non-hydrogen) atoms. The van der Waals surface area contributed by atoms with Crippen LogP contribution >= 0.6 is 0 Å². The molecule has 1 atom stereocenters. The Labute approximate surface area is 153 Å². The van der Waals surface area contributed by atoms with E-state index in [9.17, 15) is 26.4 Å². The number of amides is 1. The molecule has 0 fully saturated rings. The average Bonchev–Trinajstić information content (AvgIpc) is 3.06. The Balaban J connectivity index is 1.84. The number of nitrogens with one attached hydrogen (secondary N) is 2. The second-order valence-corrected chi connectivity index (χ2v) is 7.90. The zero-order valence-electron chi connectivity index (χ0n) is 14.0. The number of sulfone groups is 1. The molecule has 5 nitrogen and oxygen atoms in total. The zero-order valence-corrected chi connectivity index (χ0v) is 14.9. The molecule has 2 aromatic carbocycles. The van der Waals surface area contributed by atoms with Crippen LogP contribution in [0.15, 0.2) is 64.5 Å². The molecular weight excluding hydrogens is 381 g/mol. The first-order chi connectivity index (χ1) is 12.6. The predicted molar refractivity (Wildman–Crippen MR) is 92.8 cm³/mol. The van der Waals surface area contributed by atoms with Crippen molar-refractivity contribution >= 4 is 26.6 Å². The molecule has 3 rings (SSSR count). The van der Waals surface area contributed by atoms with Crippen LogP contribution in [-0.2, 0) is 14.6 Å². The fourth-order valence-corrected chi connectivity index (χ4v) is 3.89. The lowest BCUT2D eigenvalue weighted by molar-refractivity contribution is -0.174. The molecule has 1 amide bonds. The van der Waals surface area contributed by atoms with Gasteiger partial charge in [-0.25, -0.2) is 8.42 Å². The van der Waals surface area contributed by atoms with Gasteiger partial charge in [-0.3, -0.25) is 4.79 Å². The normalized spacial score (nSPS) is 13.5. The molecule has 0 saturated heterocycles. The first-order valence-electron chi connectivity index (χ1n) is 7.89. The number of benzene rings is 2. The lowest BCUT2D eigenvalue weighted by atomic mass is 10.1. The van der Waals surface area contributed by atoms with Crippen LogP contribution in [0.4, 0.5) is 13.2 Å². The van der Waals surface area contributed by atoms with Gasteiger partial charge >= 0.3 is 12.1 Å². The Bertz CT molecular complexity index is 1050. The topological polar surface area (TPSA) is 79.0 Å². The standard InChI is InChI=1S/C18H15F3N2O3S/c1-11(22-17(24)18(19,20)21)12-6-8-14(9-7-12)27(25,26)16-10-13-4-2-3-5-15(13)23-16/h2-11,23H,1H3,(H,22,24). The highest BCUT2D eigenvalue weighted by atomic mass is 32.2. The highest BCUT2D eigenvalue weighted by Crippen LogP contribution is 2.26. The van der Waals surface area contributed by atoms with E-state index < -0.39 is 28.0 Å². The minimum absolute atomic E-state index is 0.00726. The van der Waals surface area contributed by atoms with Crippen LogP contribution in [0.5, 0.6) is 0 Å². The number of carbonyl (C=O) groups is 1. The summed E-state index contributed by atoms with van der Waals surface area (Å²) in [6.07, 6.45) is -4.98. The quantitative estimate of drug-likeness (QED) is 0.705. The molecule has 142 valence electrons. The van der Waals surface area contributed by atoms with Crippen LogP contribution in [0.3, 0.4) is 0 Å². The Hall–Kier alpha value is -2.81. The largest absolute Gasteiger partial charge is 0.471 e. The van der Waals surface area contributed by atoms with Crippen LogP contribution in [0.2, 0.25) is 0 Å². The van der Waals surface area contributed by atoms with Gasteiger partial charge in [-0.05, 0) is 36.8 Å². The third kappa shape index (κ3) is 3.82. The summed E-state index contributed by atoms with van der Waals surface area (Å²) >= 11 is 0. The van der Waals surface area contributed by atoms with Gasteiger partial charge in [-0.15, -0.1) is 0 Å². The van der Waals surface area contributed by atoms with Crippen LogP contribution in [-0.4, -0.2) is 25.5 Å². The van der Waals surface area contributed by atoms with Crippen molar-refractivity contribution in [2.45, 2.75) is 29.1 Å². The van der Waals surface area contributed by atoms with Crippen LogP contribution in [0, 0.1) is 0 Å². The number of carbonyl (C=O) groups excluding carboxylic acids is 1. The molecule has 1 unspecified atom stereocenters. The summed E-state index contributed by atoms with van der Waals surface area (Å²) in [6.45, 7) is 1.38. The Morgan fingerprint density at radius 3 is 2.30 bits per heavy atom. The number of fused-ring (bicyclic) bond motifs is 1. The lowest BCUT2D eigenvalue weighted by Gasteiger charge is -2.16. The second kappa shape index (κ2) is 6.73. The fraction of sp³-hybridized carbons (Fsp3) is 0.167. The second-order valence-electron chi connectivity index (χ2n) is 5.99. The fourth-order valence-electron chi connectivity index (χ4n) is 2.62. The summed E-state index contributed by atoms with van der Waals surface area (Å²) in [5.74, 6) is -2.05. The average molecular weight is 396 g/mol. The number of para-hydroxylation sites is 1. The molecule has 0 aliphatic heterocycles. The van der Waals surface area contributed by atoms with E-state index in [0.717, 1.165) is 5.39 Å². The molecule has 0 spiro atoms. The number of hydrogen-bond acceptors (Lipinski definition) is 3. The Morgan fingerprint density at radius 2 is 1.70 bits per heavy atom. The van der Waals surface area contributed by atoms with Crippen molar-refractivity contribution in [3.05, 3.63) is 60.2 Å². The van der Waals surface area contributed by atoms with Gasteiger partial charge in [0.1, 0.15) is 5.03 Å². The molecule has 0 bridgehead atoms. The van der Waals surface area contributed by atoms with Crippen molar-refractivity contribution in [3.63, 3.8) is 0 Å². The Kier molecular flexibility index (Phi) is 4.73. The molecular formula is C18H15F3N2O3S. The number of halogens is 3. The molecule has 0 saturated carbocycles. The predicted octanol–water partition coefficient (Wildman–Crippen LogP) is 3.74. The van der Waals surface area contributed by atoms with Crippen molar-refractivity contribution in [2.75, 3.05) is 0 Å². The van der Waals surface area contributed by atoms with Crippen molar-refractivity contribution < 1.29 is 26.4 Å². The number of alkyl halides is 3. The van der Waals surface area contributed by atoms with Gasteiger partial charge in [0.2, 0.25) is 9.84 Å². The minimum atomic E-state index is -4.98. The van der Waals surface area contributed by atoms with E-state index in [0.29, 0.717) is 11.1 Å². The van der Waals surface area contributed by atoms with Gasteiger partial charge in [-0.1, -0.05) is 30.3 Å². The summed E-state index contributed by atoms with van der Waals surface area (Å²) in [6, 6.07) is 13.0. The van der Waals surface area contributed by atoms with Crippen molar-refractivity contribution in [1.82, 2.24) is 10.3 Å². The van der Waals surface area contributed by atoms with Gasteiger partial charge in [-0.2, -0.15) is 13.2 Å². The summed E-state index contributed by atoms with van der Waals surface area (Å²) in [5, 5.41) is 2.59. The molecule has 1 heterocycles. The highest BCUT2D eigenvalue weighted by Gasteiger charge is 2.39. The molecule has 0 aliphatic rings. The number of aromatic nitrogens is 1. The lowest BCUT2D eigenvalue weighted by Crippen LogP contribution is -2.38. The number of hydrogen-bond donors (Lipinski definition) is 2. The molecule has 9 heteroatoms. The number of aromatic amines is 1. The van der Waals surface area contributed by atoms with Gasteiger partial charge in [0.25, 0.3) is 0 Å². The SMILES string of the molecule is CC(NC(=O)C(F)(F)F)c1ccc(S(=O)(=O)c2cc3ccccc3[nH]2)cc1. The maximum atomic E-state index is 12.7. The van der Waals surface area contributed by atoms with E-state index >= 15 is 0 Å². The first-order valence-corrected chi connectivity index (χ1v) is 9.38. The smallest absolute Gasteiger partial charge is 0.345 e. The van der Waals surface area contributed by atoms with Gasteiger partial charge in [0.05, 0.1) is 10.9 Å². The Morgan fingerprint density at radius 1 is 1.07 bits per heavy atom. The van der Waals surface area contributed by atoms with E-state index in [1.54, 1.807) is 24.3 Å². The summed E-state index contributed by atoms with van der Waals surface area (Å²) in [5.41, 5.74) is 1.03. The summed E-state index contributed by atoms with van der Waals surface area (Å²) < 4.78 is 62.5. The molecule has 2 N–H and O–H groups in total. The third-order valence-corrected chi connectivity index (χ3v) is 5.78. The third-order valence-electron chi connectivity index (χ3n) is 4.09. The molecule has 0 radical (unpaired) electrons. The first kappa shape index (κ1) is 19.0. The van der Waals surface area contributed by atoms with Crippen molar-refractivity contribution in [2.24, 2.45) is 0 Å². The van der Waals surface area contributed by atoms with Crippen LogP contribution in [0.25, 0.3) is 10.9 Å². The summed E-state index contributed by atoms with van der Waals surface area (Å²) in [7, 11) is -3.81. The van der Waals surface area contributed by atoms with E-state index in [1.165, 1.54) is 37.3 Å². The number of H-pyrrole nitrogens is 1. The zero-order chi connectivity index (χ0) is 19.8. The highest BCUT2D eigenvalue weighted by molar-refractivity contribution is 7.91. The van der Waals surface area contributed by atoms with E-state index in [2.05, 4.69) is 4.98 Å². The van der Waals surface area contributed by atoms with E-state index in [1.807, 2.05) is 5.32 Å². The maximum Gasteiger partial charge on any atom is 0.471 e. The van der Waals surface area contributed by atoms with E-state index in [-0.39, 0.29) is 9.92 Å². The molecule has 1 aromatic heterocycles. The van der Waals surface area contributed by atoms with E-state index in [4.69, 9.17) is 0 Å². The van der Waals surface area contributed by atoms with Crippen molar-refractivity contribution in [1.29, 1.82) is 0 Å².